The molecule has 7 nitrogen and oxygen atoms in total. The number of nitro groups is 1. The highest BCUT2D eigenvalue weighted by atomic mass is 35.5. The van der Waals surface area contributed by atoms with Crippen molar-refractivity contribution in [3.63, 3.8) is 0 Å². The second-order valence-electron chi connectivity index (χ2n) is 7.72. The first-order chi connectivity index (χ1) is 15.8. The number of rotatable bonds is 4. The number of benzene rings is 4. The minimum Gasteiger partial charge on any atom is -0.349 e. The van der Waals surface area contributed by atoms with Crippen LogP contribution in [-0.2, 0) is 0 Å². The monoisotopic (exact) mass is 457 g/mol. The smallest absolute Gasteiger partial charge is 0.294 e. The second-order valence-corrected chi connectivity index (χ2v) is 8.16. The third kappa shape index (κ3) is 3.39. The summed E-state index contributed by atoms with van der Waals surface area (Å²) in [4.78, 5) is 39.4. The van der Waals surface area contributed by atoms with E-state index in [9.17, 15) is 19.7 Å². The van der Waals surface area contributed by atoms with Crippen LogP contribution in [0, 0.1) is 17.0 Å². The van der Waals surface area contributed by atoms with E-state index >= 15 is 0 Å². The Bertz CT molecular complexity index is 1480. The van der Waals surface area contributed by atoms with Gasteiger partial charge in [0, 0.05) is 33.1 Å². The molecular formula is C25H16ClN3O4. The van der Waals surface area contributed by atoms with Gasteiger partial charge in [-0.25, -0.2) is 4.90 Å². The molecule has 33 heavy (non-hydrogen) atoms. The van der Waals surface area contributed by atoms with Crippen molar-refractivity contribution in [1.29, 1.82) is 0 Å². The second kappa shape index (κ2) is 7.72. The average Bonchev–Trinajstić information content (AvgIpc) is 2.79. The van der Waals surface area contributed by atoms with E-state index in [0.717, 1.165) is 10.5 Å². The predicted octanol–water partition coefficient (Wildman–Crippen LogP) is 6.25. The van der Waals surface area contributed by atoms with Crippen LogP contribution in [0.15, 0.2) is 72.8 Å². The van der Waals surface area contributed by atoms with E-state index < -0.39 is 16.7 Å². The summed E-state index contributed by atoms with van der Waals surface area (Å²) in [6.45, 7) is 1.86. The van der Waals surface area contributed by atoms with Gasteiger partial charge in [-0.2, -0.15) is 0 Å². The minimum absolute atomic E-state index is 0.107. The molecule has 2 amide bonds. The molecule has 1 N–H and O–H groups in total. The number of anilines is 3. The molecule has 0 unspecified atom stereocenters. The van der Waals surface area contributed by atoms with Crippen molar-refractivity contribution in [2.24, 2.45) is 0 Å². The summed E-state index contributed by atoms with van der Waals surface area (Å²) in [6, 6.07) is 19.9. The lowest BCUT2D eigenvalue weighted by Crippen LogP contribution is -2.40. The first kappa shape index (κ1) is 20.7. The number of amides is 2. The van der Waals surface area contributed by atoms with Gasteiger partial charge in [-0.05, 0) is 55.0 Å². The van der Waals surface area contributed by atoms with E-state index in [4.69, 9.17) is 11.6 Å². The summed E-state index contributed by atoms with van der Waals surface area (Å²) in [7, 11) is 0. The number of carbonyl (C=O) groups is 2. The minimum atomic E-state index is -0.601. The zero-order chi connectivity index (χ0) is 23.3. The van der Waals surface area contributed by atoms with Crippen LogP contribution in [0.3, 0.4) is 0 Å². The Labute approximate surface area is 193 Å². The number of halogens is 1. The zero-order valence-electron chi connectivity index (χ0n) is 17.3. The molecule has 0 saturated heterocycles. The lowest BCUT2D eigenvalue weighted by atomic mass is 9.91. The summed E-state index contributed by atoms with van der Waals surface area (Å²) in [6.07, 6.45) is 0. The third-order valence-electron chi connectivity index (χ3n) is 5.58. The molecule has 1 aliphatic heterocycles. The Morgan fingerprint density at radius 1 is 0.909 bits per heavy atom. The summed E-state index contributed by atoms with van der Waals surface area (Å²) < 4.78 is 0. The van der Waals surface area contributed by atoms with E-state index in [-0.39, 0.29) is 16.9 Å². The largest absolute Gasteiger partial charge is 0.349 e. The summed E-state index contributed by atoms with van der Waals surface area (Å²) >= 11 is 5.95. The van der Waals surface area contributed by atoms with E-state index in [1.54, 1.807) is 60.7 Å². The van der Waals surface area contributed by atoms with Gasteiger partial charge in [0.25, 0.3) is 17.5 Å². The highest BCUT2D eigenvalue weighted by molar-refractivity contribution is 6.37. The average molecular weight is 458 g/mol. The van der Waals surface area contributed by atoms with Crippen molar-refractivity contribution in [3.8, 4) is 0 Å². The van der Waals surface area contributed by atoms with Gasteiger partial charge in [-0.3, -0.25) is 19.7 Å². The van der Waals surface area contributed by atoms with Crippen molar-refractivity contribution in [2.45, 2.75) is 6.92 Å². The summed E-state index contributed by atoms with van der Waals surface area (Å²) in [5.74, 6) is -1.08. The highest BCUT2D eigenvalue weighted by Crippen LogP contribution is 2.42. The molecule has 0 aliphatic carbocycles. The SMILES string of the molecule is Cc1cccc(N2C(=O)c3cccc4c(Nc5ccc(Cl)cc5)c([N+](=O)[O-])cc(c34)C2=O)c1. The van der Waals surface area contributed by atoms with Gasteiger partial charge < -0.3 is 5.32 Å². The highest BCUT2D eigenvalue weighted by Gasteiger charge is 2.37. The molecule has 4 aromatic rings. The van der Waals surface area contributed by atoms with Crippen LogP contribution in [0.1, 0.15) is 26.3 Å². The molecule has 4 aromatic carbocycles. The molecule has 8 heteroatoms. The number of hydrogen-bond acceptors (Lipinski definition) is 5. The molecule has 0 radical (unpaired) electrons. The molecule has 162 valence electrons. The maximum atomic E-state index is 13.5. The quantitative estimate of drug-likeness (QED) is 0.222. The molecule has 0 fully saturated rings. The molecule has 1 aliphatic rings. The Hall–Kier alpha value is -4.23. The molecule has 5 rings (SSSR count). The Balaban J connectivity index is 1.75. The lowest BCUT2D eigenvalue weighted by molar-refractivity contribution is -0.383. The molecule has 0 saturated carbocycles. The predicted molar refractivity (Wildman–Crippen MR) is 128 cm³/mol. The van der Waals surface area contributed by atoms with Gasteiger partial charge in [-0.1, -0.05) is 35.9 Å². The third-order valence-corrected chi connectivity index (χ3v) is 5.83. The van der Waals surface area contributed by atoms with Crippen LogP contribution in [0.25, 0.3) is 10.8 Å². The van der Waals surface area contributed by atoms with Crippen LogP contribution in [0.5, 0.6) is 0 Å². The lowest BCUT2D eigenvalue weighted by Gasteiger charge is -2.28. The number of imide groups is 1. The van der Waals surface area contributed by atoms with E-state index in [0.29, 0.717) is 32.7 Å². The Morgan fingerprint density at radius 2 is 1.61 bits per heavy atom. The standard InChI is InChI=1S/C25H16ClN3O4/c1-14-4-2-5-17(12-14)28-24(30)19-7-3-6-18-22(19)20(25(28)31)13-21(29(32)33)23(18)27-16-10-8-15(26)9-11-16/h2-13,27H,1H3. The first-order valence-electron chi connectivity index (χ1n) is 10.1. The van der Waals surface area contributed by atoms with Gasteiger partial charge in [0.15, 0.2) is 0 Å². The Morgan fingerprint density at radius 3 is 2.30 bits per heavy atom. The number of nitro benzene ring substituents is 1. The van der Waals surface area contributed by atoms with Gasteiger partial charge in [0.2, 0.25) is 0 Å². The maximum Gasteiger partial charge on any atom is 0.294 e. The van der Waals surface area contributed by atoms with Crippen molar-refractivity contribution >= 4 is 56.9 Å². The van der Waals surface area contributed by atoms with Crippen LogP contribution >= 0.6 is 11.6 Å². The van der Waals surface area contributed by atoms with Crippen molar-refractivity contribution in [2.75, 3.05) is 10.2 Å². The Kier molecular flexibility index (Phi) is 4.83. The van der Waals surface area contributed by atoms with Crippen molar-refractivity contribution < 1.29 is 14.5 Å². The van der Waals surface area contributed by atoms with Crippen LogP contribution in [0.2, 0.25) is 5.02 Å². The fourth-order valence-electron chi connectivity index (χ4n) is 4.10. The topological polar surface area (TPSA) is 92.6 Å². The molecule has 0 spiro atoms. The fraction of sp³-hybridized carbons (Fsp3) is 0.0400. The van der Waals surface area contributed by atoms with Gasteiger partial charge in [0.1, 0.15) is 5.69 Å². The van der Waals surface area contributed by atoms with E-state index in [2.05, 4.69) is 5.32 Å². The van der Waals surface area contributed by atoms with E-state index in [1.165, 1.54) is 6.07 Å². The van der Waals surface area contributed by atoms with Gasteiger partial charge in [-0.15, -0.1) is 0 Å². The van der Waals surface area contributed by atoms with Crippen LogP contribution < -0.4 is 10.2 Å². The number of nitrogens with one attached hydrogen (secondary N) is 1. The number of nitrogens with zero attached hydrogens (tertiary/aromatic N) is 2. The first-order valence-corrected chi connectivity index (χ1v) is 10.4. The zero-order valence-corrected chi connectivity index (χ0v) is 18.1. The van der Waals surface area contributed by atoms with Crippen LogP contribution in [-0.4, -0.2) is 16.7 Å². The maximum absolute atomic E-state index is 13.5. The molecule has 1 heterocycles. The van der Waals surface area contributed by atoms with Gasteiger partial charge in [0.05, 0.1) is 16.2 Å². The summed E-state index contributed by atoms with van der Waals surface area (Å²) in [5.41, 5.74) is 2.22. The summed E-state index contributed by atoms with van der Waals surface area (Å²) in [5, 5.41) is 16.4. The number of aryl methyl sites for hydroxylation is 1. The molecule has 0 atom stereocenters. The molecule has 0 aromatic heterocycles. The van der Waals surface area contributed by atoms with E-state index in [1.807, 2.05) is 13.0 Å². The normalized spacial score (nSPS) is 12.8. The number of hydrogen-bond donors (Lipinski definition) is 1. The van der Waals surface area contributed by atoms with Gasteiger partial charge >= 0.3 is 0 Å². The van der Waals surface area contributed by atoms with Crippen molar-refractivity contribution in [3.05, 3.63) is 105 Å². The number of carbonyl (C=O) groups excluding carboxylic acids is 2. The fourth-order valence-corrected chi connectivity index (χ4v) is 4.23. The molecule has 0 bridgehead atoms. The van der Waals surface area contributed by atoms with Crippen molar-refractivity contribution in [1.82, 2.24) is 0 Å². The molecular weight excluding hydrogens is 442 g/mol. The van der Waals surface area contributed by atoms with Crippen LogP contribution in [0.4, 0.5) is 22.7 Å².